The molecule has 134 valence electrons. The summed E-state index contributed by atoms with van der Waals surface area (Å²) in [7, 11) is 0. The highest BCUT2D eigenvalue weighted by Gasteiger charge is 2.16. The fourth-order valence-electron chi connectivity index (χ4n) is 3.75. The van der Waals surface area contributed by atoms with Crippen molar-refractivity contribution in [1.82, 2.24) is 5.32 Å². The van der Waals surface area contributed by atoms with Crippen molar-refractivity contribution in [2.75, 3.05) is 0 Å². The number of nitrogens with one attached hydrogen (secondary N) is 1. The largest absolute Gasteiger partial charge is 0.489 e. The Morgan fingerprint density at radius 3 is 2.50 bits per heavy atom. The van der Waals surface area contributed by atoms with Gasteiger partial charge in [0, 0.05) is 23.2 Å². The minimum absolute atomic E-state index is 0.548. The molecule has 0 aliphatic heterocycles. The van der Waals surface area contributed by atoms with Gasteiger partial charge in [0.1, 0.15) is 12.4 Å². The highest BCUT2D eigenvalue weighted by molar-refractivity contribution is 6.30. The number of hydrogen-bond donors (Lipinski definition) is 1. The number of halogens is 1. The fraction of sp³-hybridized carbons (Fsp3) is 0.304. The van der Waals surface area contributed by atoms with Crippen LogP contribution in [0.15, 0.2) is 60.7 Å². The maximum atomic E-state index is 6.20. The molecule has 1 aliphatic rings. The zero-order chi connectivity index (χ0) is 17.8. The Labute approximate surface area is 160 Å². The molecule has 2 nitrogen and oxygen atoms in total. The third-order valence-electron chi connectivity index (χ3n) is 5.23. The van der Waals surface area contributed by atoms with Crippen molar-refractivity contribution in [2.24, 2.45) is 0 Å². The van der Waals surface area contributed by atoms with E-state index in [4.69, 9.17) is 16.3 Å². The van der Waals surface area contributed by atoms with E-state index in [-0.39, 0.29) is 0 Å². The third kappa shape index (κ3) is 4.03. The van der Waals surface area contributed by atoms with Gasteiger partial charge in [0.25, 0.3) is 0 Å². The van der Waals surface area contributed by atoms with Crippen LogP contribution < -0.4 is 10.1 Å². The molecule has 3 aromatic rings. The summed E-state index contributed by atoms with van der Waals surface area (Å²) >= 11 is 5.97. The fourth-order valence-corrected chi connectivity index (χ4v) is 3.88. The van der Waals surface area contributed by atoms with Crippen LogP contribution in [-0.4, -0.2) is 6.04 Å². The van der Waals surface area contributed by atoms with Crippen LogP contribution in [0.25, 0.3) is 10.8 Å². The van der Waals surface area contributed by atoms with Crippen molar-refractivity contribution in [3.8, 4) is 5.75 Å². The van der Waals surface area contributed by atoms with E-state index in [1.807, 2.05) is 24.3 Å². The second-order valence-electron chi connectivity index (χ2n) is 7.04. The first-order valence-corrected chi connectivity index (χ1v) is 9.78. The van der Waals surface area contributed by atoms with Crippen molar-refractivity contribution >= 4 is 22.4 Å². The minimum atomic E-state index is 0.548. The minimum Gasteiger partial charge on any atom is -0.489 e. The maximum Gasteiger partial charge on any atom is 0.124 e. The van der Waals surface area contributed by atoms with Crippen LogP contribution in [0, 0.1) is 0 Å². The van der Waals surface area contributed by atoms with E-state index in [0.29, 0.717) is 12.6 Å². The average molecular weight is 366 g/mol. The number of hydrogen-bond acceptors (Lipinski definition) is 2. The second-order valence-corrected chi connectivity index (χ2v) is 7.48. The van der Waals surface area contributed by atoms with Crippen molar-refractivity contribution < 1.29 is 4.74 Å². The third-order valence-corrected chi connectivity index (χ3v) is 5.48. The SMILES string of the molecule is Clc1ccc(COc2ccc3ccccc3c2CNC2CCCC2)cc1. The van der Waals surface area contributed by atoms with Gasteiger partial charge in [-0.15, -0.1) is 0 Å². The zero-order valence-corrected chi connectivity index (χ0v) is 15.6. The number of fused-ring (bicyclic) bond motifs is 1. The van der Waals surface area contributed by atoms with Gasteiger partial charge in [-0.25, -0.2) is 0 Å². The Hall–Kier alpha value is -2.03. The molecule has 1 N–H and O–H groups in total. The molecule has 3 aromatic carbocycles. The Balaban J connectivity index is 1.57. The molecule has 0 unspecified atom stereocenters. The average Bonchev–Trinajstić information content (AvgIpc) is 3.19. The van der Waals surface area contributed by atoms with E-state index in [1.54, 1.807) is 0 Å². The van der Waals surface area contributed by atoms with E-state index in [2.05, 4.69) is 41.7 Å². The van der Waals surface area contributed by atoms with Crippen molar-refractivity contribution in [3.63, 3.8) is 0 Å². The topological polar surface area (TPSA) is 21.3 Å². The molecule has 0 atom stereocenters. The summed E-state index contributed by atoms with van der Waals surface area (Å²) < 4.78 is 6.20. The Kier molecular flexibility index (Phi) is 5.42. The quantitative estimate of drug-likeness (QED) is 0.569. The monoisotopic (exact) mass is 365 g/mol. The second kappa shape index (κ2) is 8.11. The van der Waals surface area contributed by atoms with Crippen molar-refractivity contribution in [3.05, 3.63) is 76.8 Å². The van der Waals surface area contributed by atoms with Gasteiger partial charge in [-0.05, 0) is 47.4 Å². The van der Waals surface area contributed by atoms with Gasteiger partial charge in [-0.1, -0.05) is 66.9 Å². The summed E-state index contributed by atoms with van der Waals surface area (Å²) in [4.78, 5) is 0. The molecule has 0 spiro atoms. The van der Waals surface area contributed by atoms with Crippen LogP contribution in [0.3, 0.4) is 0 Å². The van der Waals surface area contributed by atoms with Crippen molar-refractivity contribution in [1.29, 1.82) is 0 Å². The number of rotatable bonds is 6. The van der Waals surface area contributed by atoms with E-state index < -0.39 is 0 Å². The van der Waals surface area contributed by atoms with Gasteiger partial charge < -0.3 is 10.1 Å². The Bertz CT molecular complexity index is 869. The lowest BCUT2D eigenvalue weighted by Crippen LogP contribution is -2.25. The van der Waals surface area contributed by atoms with E-state index in [0.717, 1.165) is 22.9 Å². The predicted molar refractivity (Wildman–Crippen MR) is 109 cm³/mol. The molecule has 0 aromatic heterocycles. The molecule has 1 aliphatic carbocycles. The van der Waals surface area contributed by atoms with Crippen LogP contribution in [-0.2, 0) is 13.2 Å². The van der Waals surface area contributed by atoms with Gasteiger partial charge >= 0.3 is 0 Å². The smallest absolute Gasteiger partial charge is 0.124 e. The molecule has 1 saturated carbocycles. The standard InChI is InChI=1S/C23H24ClNO/c24-19-12-9-17(10-13-19)16-26-23-14-11-18-5-1-4-8-21(18)22(23)15-25-20-6-2-3-7-20/h1,4-5,8-14,20,25H,2-3,6-7,15-16H2. The van der Waals surface area contributed by atoms with E-state index in [1.165, 1.54) is 42.0 Å². The highest BCUT2D eigenvalue weighted by atomic mass is 35.5. The first kappa shape index (κ1) is 17.4. The molecule has 1 fully saturated rings. The van der Waals surface area contributed by atoms with Gasteiger partial charge in [-0.3, -0.25) is 0 Å². The highest BCUT2D eigenvalue weighted by Crippen LogP contribution is 2.29. The normalized spacial score (nSPS) is 14.8. The van der Waals surface area contributed by atoms with Crippen LogP contribution in [0.2, 0.25) is 5.02 Å². The van der Waals surface area contributed by atoms with Gasteiger partial charge in [0.05, 0.1) is 0 Å². The predicted octanol–water partition coefficient (Wildman–Crippen LogP) is 6.10. The Morgan fingerprint density at radius 2 is 1.69 bits per heavy atom. The number of ether oxygens (including phenoxy) is 1. The van der Waals surface area contributed by atoms with Gasteiger partial charge in [-0.2, -0.15) is 0 Å². The molecule has 26 heavy (non-hydrogen) atoms. The maximum absolute atomic E-state index is 6.20. The van der Waals surface area contributed by atoms with Crippen LogP contribution in [0.4, 0.5) is 0 Å². The van der Waals surface area contributed by atoms with Gasteiger partial charge in [0.2, 0.25) is 0 Å². The lowest BCUT2D eigenvalue weighted by Gasteiger charge is -2.17. The summed E-state index contributed by atoms with van der Waals surface area (Å²) in [6, 6.07) is 21.3. The molecule has 4 rings (SSSR count). The van der Waals surface area contributed by atoms with Crippen LogP contribution >= 0.6 is 11.6 Å². The first-order chi connectivity index (χ1) is 12.8. The summed E-state index contributed by atoms with van der Waals surface area (Å²) in [5.74, 6) is 0.962. The Morgan fingerprint density at radius 1 is 0.923 bits per heavy atom. The van der Waals surface area contributed by atoms with Crippen LogP contribution in [0.5, 0.6) is 5.75 Å². The molecule has 0 saturated heterocycles. The summed E-state index contributed by atoms with van der Waals surface area (Å²) in [5.41, 5.74) is 2.38. The molecular formula is C23H24ClNO. The number of benzene rings is 3. The van der Waals surface area contributed by atoms with Crippen LogP contribution in [0.1, 0.15) is 36.8 Å². The lowest BCUT2D eigenvalue weighted by atomic mass is 10.0. The molecule has 0 heterocycles. The molecule has 0 radical (unpaired) electrons. The van der Waals surface area contributed by atoms with Gasteiger partial charge in [0.15, 0.2) is 0 Å². The molecule has 3 heteroatoms. The van der Waals surface area contributed by atoms with Crippen molar-refractivity contribution in [2.45, 2.75) is 44.9 Å². The first-order valence-electron chi connectivity index (χ1n) is 9.41. The molecule has 0 amide bonds. The lowest BCUT2D eigenvalue weighted by molar-refractivity contribution is 0.302. The molecule has 0 bridgehead atoms. The molecular weight excluding hydrogens is 342 g/mol. The summed E-state index contributed by atoms with van der Waals surface area (Å²) in [6.07, 6.45) is 5.25. The van der Waals surface area contributed by atoms with E-state index in [9.17, 15) is 0 Å². The summed E-state index contributed by atoms with van der Waals surface area (Å²) in [6.45, 7) is 1.40. The summed E-state index contributed by atoms with van der Waals surface area (Å²) in [5, 5.41) is 7.02. The van der Waals surface area contributed by atoms with E-state index >= 15 is 0 Å². The zero-order valence-electron chi connectivity index (χ0n) is 14.9.